The lowest BCUT2D eigenvalue weighted by Crippen LogP contribution is -2.43. The van der Waals surface area contributed by atoms with E-state index in [1.165, 1.54) is 27.2 Å². The van der Waals surface area contributed by atoms with Crippen molar-refractivity contribution in [2.24, 2.45) is 5.92 Å². The van der Waals surface area contributed by atoms with Gasteiger partial charge in [-0.1, -0.05) is 61.4 Å². The van der Waals surface area contributed by atoms with E-state index in [1.54, 1.807) is 6.92 Å². The van der Waals surface area contributed by atoms with Crippen LogP contribution < -0.4 is 5.32 Å². The van der Waals surface area contributed by atoms with Crippen molar-refractivity contribution in [1.29, 1.82) is 0 Å². The number of nitrogens with zero attached hydrogens (tertiary/aromatic N) is 1. The van der Waals surface area contributed by atoms with Gasteiger partial charge in [-0.3, -0.25) is 9.59 Å². The van der Waals surface area contributed by atoms with Crippen molar-refractivity contribution in [2.45, 2.75) is 57.4 Å². The number of hydrogen-bond donors (Lipinski definition) is 2. The van der Waals surface area contributed by atoms with Crippen molar-refractivity contribution in [2.75, 3.05) is 19.7 Å². The molecule has 4 rings (SSSR count). The average Bonchev–Trinajstić information content (AvgIpc) is 3.19. The average molecular weight is 479 g/mol. The Morgan fingerprint density at radius 2 is 1.63 bits per heavy atom. The molecular weight excluding hydrogens is 444 g/mol. The number of carbonyl (C=O) groups excluding carboxylic acids is 2. The van der Waals surface area contributed by atoms with Crippen LogP contribution in [0.1, 0.15) is 62.5 Å². The zero-order chi connectivity index (χ0) is 24.8. The first kappa shape index (κ1) is 24.8. The molecule has 2 N–H and O–H groups in total. The zero-order valence-electron chi connectivity index (χ0n) is 20.2. The van der Waals surface area contributed by atoms with Crippen molar-refractivity contribution < 1.29 is 24.2 Å². The molecule has 0 aromatic heterocycles. The van der Waals surface area contributed by atoms with Crippen LogP contribution in [0.25, 0.3) is 11.1 Å². The fourth-order valence-corrected chi connectivity index (χ4v) is 5.54. The molecule has 2 aromatic carbocycles. The van der Waals surface area contributed by atoms with Gasteiger partial charge < -0.3 is 20.1 Å². The van der Waals surface area contributed by atoms with E-state index in [-0.39, 0.29) is 43.4 Å². The Morgan fingerprint density at radius 1 is 1.00 bits per heavy atom. The van der Waals surface area contributed by atoms with E-state index in [0.717, 1.165) is 25.7 Å². The summed E-state index contributed by atoms with van der Waals surface area (Å²) in [4.78, 5) is 37.6. The Balaban J connectivity index is 1.32. The van der Waals surface area contributed by atoms with E-state index >= 15 is 0 Å². The minimum absolute atomic E-state index is 0.0159. The number of benzene rings is 2. The minimum atomic E-state index is -1.01. The number of carboxylic acid groups (broad SMARTS) is 1. The minimum Gasteiger partial charge on any atom is -0.480 e. The summed E-state index contributed by atoms with van der Waals surface area (Å²) in [5.74, 6) is -0.966. The van der Waals surface area contributed by atoms with Gasteiger partial charge >= 0.3 is 12.1 Å². The zero-order valence-corrected chi connectivity index (χ0v) is 20.2. The molecule has 0 bridgehead atoms. The van der Waals surface area contributed by atoms with Gasteiger partial charge in [0.15, 0.2) is 0 Å². The van der Waals surface area contributed by atoms with Crippen molar-refractivity contribution >= 4 is 18.0 Å². The van der Waals surface area contributed by atoms with Crippen LogP contribution in [-0.4, -0.2) is 53.7 Å². The molecule has 35 heavy (non-hydrogen) atoms. The summed E-state index contributed by atoms with van der Waals surface area (Å²) in [6, 6.07) is 16.5. The third-order valence-corrected chi connectivity index (χ3v) is 7.35. The SMILES string of the molecule is CCN(CC(=O)O)C(=O)CCC1CCCCC1NC(=O)OCC1c2ccccc2-c2ccccc21. The Morgan fingerprint density at radius 3 is 2.26 bits per heavy atom. The Labute approximate surface area is 206 Å². The molecule has 1 saturated carbocycles. The van der Waals surface area contributed by atoms with Gasteiger partial charge in [-0.2, -0.15) is 0 Å². The molecule has 0 aliphatic heterocycles. The summed E-state index contributed by atoms with van der Waals surface area (Å²) >= 11 is 0. The van der Waals surface area contributed by atoms with Gasteiger partial charge in [-0.15, -0.1) is 0 Å². The standard InChI is InChI=1S/C28H34N2O5/c1-2-30(17-27(32)33)26(31)16-15-19-9-3-8-14-25(19)29-28(34)35-18-24-22-12-6-4-10-20(22)21-11-5-7-13-23(21)24/h4-7,10-13,19,24-25H,2-3,8-9,14-18H2,1H3,(H,29,34)(H,32,33). The van der Waals surface area contributed by atoms with Gasteiger partial charge in [-0.25, -0.2) is 4.79 Å². The van der Waals surface area contributed by atoms with Crippen LogP contribution >= 0.6 is 0 Å². The monoisotopic (exact) mass is 478 g/mol. The highest BCUT2D eigenvalue weighted by molar-refractivity contribution is 5.81. The Kier molecular flexibility index (Phi) is 8.06. The molecule has 2 aliphatic carbocycles. The van der Waals surface area contributed by atoms with Gasteiger partial charge in [0.05, 0.1) is 0 Å². The number of alkyl carbamates (subject to hydrolysis) is 1. The van der Waals surface area contributed by atoms with Gasteiger partial charge in [-0.05, 0) is 54.4 Å². The van der Waals surface area contributed by atoms with Crippen LogP contribution in [0.4, 0.5) is 4.79 Å². The van der Waals surface area contributed by atoms with E-state index < -0.39 is 12.1 Å². The first-order valence-corrected chi connectivity index (χ1v) is 12.6. The number of likely N-dealkylation sites (N-methyl/N-ethyl adjacent to an activating group) is 1. The van der Waals surface area contributed by atoms with Crippen molar-refractivity contribution in [1.82, 2.24) is 10.2 Å². The summed E-state index contributed by atoms with van der Waals surface area (Å²) in [5, 5.41) is 12.1. The summed E-state index contributed by atoms with van der Waals surface area (Å²) in [6.07, 6.45) is 4.38. The lowest BCUT2D eigenvalue weighted by atomic mass is 9.81. The van der Waals surface area contributed by atoms with E-state index in [9.17, 15) is 14.4 Å². The molecule has 7 nitrogen and oxygen atoms in total. The number of fused-ring (bicyclic) bond motifs is 3. The number of nitrogens with one attached hydrogen (secondary N) is 1. The molecule has 2 aromatic rings. The molecule has 2 aliphatic rings. The first-order chi connectivity index (χ1) is 17.0. The molecule has 2 atom stereocenters. The highest BCUT2D eigenvalue weighted by atomic mass is 16.5. The van der Waals surface area contributed by atoms with Crippen LogP contribution in [0.5, 0.6) is 0 Å². The maximum Gasteiger partial charge on any atom is 0.407 e. The molecule has 2 amide bonds. The summed E-state index contributed by atoms with van der Waals surface area (Å²) in [5.41, 5.74) is 4.74. The number of aliphatic carboxylic acids is 1. The first-order valence-electron chi connectivity index (χ1n) is 12.6. The number of hydrogen-bond acceptors (Lipinski definition) is 4. The number of ether oxygens (including phenoxy) is 1. The molecule has 0 radical (unpaired) electrons. The van der Waals surface area contributed by atoms with Crippen LogP contribution in [0.15, 0.2) is 48.5 Å². The number of rotatable bonds is 9. The lowest BCUT2D eigenvalue weighted by Gasteiger charge is -2.32. The van der Waals surface area contributed by atoms with Crippen molar-refractivity contribution in [3.63, 3.8) is 0 Å². The Hall–Kier alpha value is -3.35. The van der Waals surface area contributed by atoms with Crippen LogP contribution in [-0.2, 0) is 14.3 Å². The van der Waals surface area contributed by atoms with Gasteiger partial charge in [0.2, 0.25) is 5.91 Å². The predicted octanol–water partition coefficient (Wildman–Crippen LogP) is 4.80. The second-order valence-electron chi connectivity index (χ2n) is 9.46. The van der Waals surface area contributed by atoms with E-state index in [1.807, 2.05) is 24.3 Å². The number of amides is 2. The second kappa shape index (κ2) is 11.4. The quantitative estimate of drug-likeness (QED) is 0.540. The molecule has 0 heterocycles. The van der Waals surface area contributed by atoms with E-state index in [0.29, 0.717) is 13.0 Å². The van der Waals surface area contributed by atoms with Gasteiger partial charge in [0.1, 0.15) is 13.2 Å². The maximum absolute atomic E-state index is 12.8. The van der Waals surface area contributed by atoms with Crippen LogP contribution in [0, 0.1) is 5.92 Å². The molecule has 186 valence electrons. The third kappa shape index (κ3) is 5.84. The largest absolute Gasteiger partial charge is 0.480 e. The van der Waals surface area contributed by atoms with Crippen LogP contribution in [0.3, 0.4) is 0 Å². The smallest absolute Gasteiger partial charge is 0.407 e. The molecule has 2 unspecified atom stereocenters. The van der Waals surface area contributed by atoms with Gasteiger partial charge in [0, 0.05) is 24.9 Å². The topological polar surface area (TPSA) is 95.9 Å². The summed E-state index contributed by atoms with van der Waals surface area (Å²) < 4.78 is 5.73. The fourth-order valence-electron chi connectivity index (χ4n) is 5.54. The molecule has 7 heteroatoms. The Bertz CT molecular complexity index is 1020. The normalized spacial score (nSPS) is 18.9. The molecule has 0 spiro atoms. The molecule has 1 fully saturated rings. The lowest BCUT2D eigenvalue weighted by molar-refractivity contribution is -0.144. The van der Waals surface area contributed by atoms with Crippen molar-refractivity contribution in [3.05, 3.63) is 59.7 Å². The number of carboxylic acids is 1. The summed E-state index contributed by atoms with van der Waals surface area (Å²) in [6.45, 7) is 2.15. The third-order valence-electron chi connectivity index (χ3n) is 7.35. The molecule has 0 saturated heterocycles. The highest BCUT2D eigenvalue weighted by Crippen LogP contribution is 2.44. The maximum atomic E-state index is 12.8. The molecular formula is C28H34N2O5. The van der Waals surface area contributed by atoms with Crippen LogP contribution in [0.2, 0.25) is 0 Å². The second-order valence-corrected chi connectivity index (χ2v) is 9.46. The van der Waals surface area contributed by atoms with Crippen molar-refractivity contribution in [3.8, 4) is 11.1 Å². The summed E-state index contributed by atoms with van der Waals surface area (Å²) in [7, 11) is 0. The van der Waals surface area contributed by atoms with Gasteiger partial charge in [0.25, 0.3) is 0 Å². The number of carbonyl (C=O) groups is 3. The highest BCUT2D eigenvalue weighted by Gasteiger charge is 2.31. The predicted molar refractivity (Wildman–Crippen MR) is 133 cm³/mol. The van der Waals surface area contributed by atoms with E-state index in [4.69, 9.17) is 9.84 Å². The van der Waals surface area contributed by atoms with E-state index in [2.05, 4.69) is 29.6 Å². The fraction of sp³-hybridized carbons (Fsp3) is 0.464.